The van der Waals surface area contributed by atoms with E-state index in [0.717, 1.165) is 23.7 Å². The Labute approximate surface area is 146 Å². The molecule has 7 nitrogen and oxygen atoms in total. The third-order valence-corrected chi connectivity index (χ3v) is 4.47. The number of fused-ring (bicyclic) bond motifs is 1. The minimum absolute atomic E-state index is 0.138. The molecule has 0 bridgehead atoms. The summed E-state index contributed by atoms with van der Waals surface area (Å²) in [5.74, 6) is -1.77. The second-order valence-corrected chi connectivity index (χ2v) is 6.13. The number of H-pyrrole nitrogens is 2. The van der Waals surface area contributed by atoms with E-state index in [1.54, 1.807) is 6.20 Å². The van der Waals surface area contributed by atoms with Crippen LogP contribution in [0.25, 0.3) is 5.69 Å². The number of hydrogen-bond donors (Lipinski definition) is 3. The van der Waals surface area contributed by atoms with Gasteiger partial charge >= 0.3 is 5.69 Å². The van der Waals surface area contributed by atoms with Crippen molar-refractivity contribution in [1.82, 2.24) is 25.1 Å². The highest BCUT2D eigenvalue weighted by atomic mass is 19.1. The molecule has 1 aromatic carbocycles. The first-order valence-corrected chi connectivity index (χ1v) is 8.13. The van der Waals surface area contributed by atoms with Crippen LogP contribution in [0.2, 0.25) is 0 Å². The fraction of sp³-hybridized carbons (Fsp3) is 0.235. The van der Waals surface area contributed by atoms with Crippen LogP contribution in [0.1, 0.15) is 40.6 Å². The molecule has 0 spiro atoms. The number of aromatic amines is 2. The van der Waals surface area contributed by atoms with Crippen molar-refractivity contribution < 1.29 is 13.6 Å². The predicted molar refractivity (Wildman–Crippen MR) is 88.0 cm³/mol. The lowest BCUT2D eigenvalue weighted by molar-refractivity contribution is 0.0928. The number of carbonyl (C=O) groups excluding carboxylic acids is 1. The third kappa shape index (κ3) is 2.81. The Bertz CT molecular complexity index is 1040. The molecule has 0 aliphatic heterocycles. The summed E-state index contributed by atoms with van der Waals surface area (Å²) >= 11 is 0. The molecule has 1 aliphatic rings. The van der Waals surface area contributed by atoms with E-state index in [2.05, 4.69) is 20.4 Å². The van der Waals surface area contributed by atoms with Gasteiger partial charge in [-0.05, 0) is 31.4 Å². The Morgan fingerprint density at radius 3 is 2.92 bits per heavy atom. The van der Waals surface area contributed by atoms with Gasteiger partial charge in [0.15, 0.2) is 5.82 Å². The second kappa shape index (κ2) is 6.25. The highest BCUT2D eigenvalue weighted by Gasteiger charge is 2.27. The molecular weight excluding hydrogens is 344 g/mol. The van der Waals surface area contributed by atoms with E-state index in [-0.39, 0.29) is 17.4 Å². The van der Waals surface area contributed by atoms with Crippen molar-refractivity contribution in [1.29, 1.82) is 0 Å². The lowest BCUT2D eigenvalue weighted by Crippen LogP contribution is -2.31. The maximum Gasteiger partial charge on any atom is 0.323 e. The summed E-state index contributed by atoms with van der Waals surface area (Å²) in [4.78, 5) is 28.2. The van der Waals surface area contributed by atoms with Crippen LogP contribution in [0.15, 0.2) is 35.4 Å². The quantitative estimate of drug-likeness (QED) is 0.667. The molecule has 134 valence electrons. The van der Waals surface area contributed by atoms with Gasteiger partial charge in [-0.3, -0.25) is 4.79 Å². The Kier molecular flexibility index (Phi) is 3.90. The SMILES string of the molecule is O=C(NC1CCCc2c1cnn2-c1ccc(F)cc1F)c1c[nH]c(=O)[nH]1. The normalized spacial score (nSPS) is 16.3. The number of imidazole rings is 1. The van der Waals surface area contributed by atoms with E-state index in [4.69, 9.17) is 0 Å². The summed E-state index contributed by atoms with van der Waals surface area (Å²) in [6.07, 6.45) is 5.03. The van der Waals surface area contributed by atoms with Gasteiger partial charge in [0.2, 0.25) is 0 Å². The number of hydrogen-bond acceptors (Lipinski definition) is 3. The highest BCUT2D eigenvalue weighted by molar-refractivity contribution is 5.92. The lowest BCUT2D eigenvalue weighted by Gasteiger charge is -2.24. The first-order valence-electron chi connectivity index (χ1n) is 8.13. The fourth-order valence-electron chi connectivity index (χ4n) is 3.26. The third-order valence-electron chi connectivity index (χ3n) is 4.47. The van der Waals surface area contributed by atoms with Crippen LogP contribution in [0, 0.1) is 11.6 Å². The zero-order valence-corrected chi connectivity index (χ0v) is 13.6. The molecule has 0 radical (unpaired) electrons. The molecule has 1 aliphatic carbocycles. The van der Waals surface area contributed by atoms with Crippen molar-refractivity contribution in [2.75, 3.05) is 0 Å². The van der Waals surface area contributed by atoms with Gasteiger partial charge in [0.05, 0.1) is 12.2 Å². The van der Waals surface area contributed by atoms with Crippen LogP contribution >= 0.6 is 0 Å². The number of halogens is 2. The van der Waals surface area contributed by atoms with E-state index < -0.39 is 23.2 Å². The molecular formula is C17H15F2N5O2. The number of nitrogens with one attached hydrogen (secondary N) is 3. The van der Waals surface area contributed by atoms with Gasteiger partial charge in [0.25, 0.3) is 5.91 Å². The predicted octanol–water partition coefficient (Wildman–Crippen LogP) is 1.97. The van der Waals surface area contributed by atoms with Crippen molar-refractivity contribution in [3.63, 3.8) is 0 Å². The average molecular weight is 359 g/mol. The van der Waals surface area contributed by atoms with Crippen LogP contribution in [0.5, 0.6) is 0 Å². The number of rotatable bonds is 3. The van der Waals surface area contributed by atoms with Gasteiger partial charge in [0.1, 0.15) is 17.2 Å². The van der Waals surface area contributed by atoms with E-state index in [9.17, 15) is 18.4 Å². The van der Waals surface area contributed by atoms with E-state index in [1.807, 2.05) is 0 Å². The summed E-state index contributed by atoms with van der Waals surface area (Å²) in [7, 11) is 0. The maximum absolute atomic E-state index is 14.1. The number of nitrogens with zero attached hydrogens (tertiary/aromatic N) is 2. The molecule has 3 N–H and O–H groups in total. The molecule has 1 atom stereocenters. The maximum atomic E-state index is 14.1. The molecule has 2 heterocycles. The molecule has 0 fully saturated rings. The molecule has 3 aromatic rings. The number of benzene rings is 1. The number of aromatic nitrogens is 4. The fourth-order valence-corrected chi connectivity index (χ4v) is 3.26. The molecule has 1 amide bonds. The summed E-state index contributed by atoms with van der Waals surface area (Å²) in [6.45, 7) is 0. The van der Waals surface area contributed by atoms with Crippen molar-refractivity contribution in [3.05, 3.63) is 69.7 Å². The van der Waals surface area contributed by atoms with Gasteiger partial charge in [-0.15, -0.1) is 0 Å². The monoisotopic (exact) mass is 359 g/mol. The van der Waals surface area contributed by atoms with Crippen molar-refractivity contribution >= 4 is 5.91 Å². The molecule has 26 heavy (non-hydrogen) atoms. The van der Waals surface area contributed by atoms with Gasteiger partial charge < -0.3 is 15.3 Å². The number of carbonyl (C=O) groups is 1. The molecule has 4 rings (SSSR count). The minimum Gasteiger partial charge on any atom is -0.344 e. The first-order chi connectivity index (χ1) is 12.5. The van der Waals surface area contributed by atoms with E-state index >= 15 is 0 Å². The van der Waals surface area contributed by atoms with Crippen LogP contribution in [-0.4, -0.2) is 25.7 Å². The largest absolute Gasteiger partial charge is 0.344 e. The van der Waals surface area contributed by atoms with Crippen LogP contribution in [0.3, 0.4) is 0 Å². The second-order valence-electron chi connectivity index (χ2n) is 6.13. The van der Waals surface area contributed by atoms with Gasteiger partial charge in [-0.2, -0.15) is 5.10 Å². The Morgan fingerprint density at radius 2 is 2.19 bits per heavy atom. The summed E-state index contributed by atoms with van der Waals surface area (Å²) in [6, 6.07) is 3.02. The van der Waals surface area contributed by atoms with Crippen LogP contribution < -0.4 is 11.0 Å². The molecule has 0 saturated carbocycles. The summed E-state index contributed by atoms with van der Waals surface area (Å²) < 4.78 is 28.7. The van der Waals surface area contributed by atoms with Crippen molar-refractivity contribution in [3.8, 4) is 5.69 Å². The van der Waals surface area contributed by atoms with Crippen LogP contribution in [-0.2, 0) is 6.42 Å². The topological polar surface area (TPSA) is 95.6 Å². The lowest BCUT2D eigenvalue weighted by atomic mass is 9.92. The standard InChI is InChI=1S/C17H15F2N5O2/c18-9-4-5-15(11(19)6-9)24-14-3-1-2-12(10(14)7-21-24)22-16(25)13-8-20-17(26)23-13/h4-8,12H,1-3H2,(H,22,25)(H2,20,23,26). The Balaban J connectivity index is 1.64. The summed E-state index contributed by atoms with van der Waals surface area (Å²) in [5, 5.41) is 7.09. The Hall–Kier alpha value is -3.23. The molecule has 0 saturated heterocycles. The number of amides is 1. The van der Waals surface area contributed by atoms with E-state index in [1.165, 1.54) is 23.0 Å². The minimum atomic E-state index is -0.702. The zero-order valence-electron chi connectivity index (χ0n) is 13.6. The van der Waals surface area contributed by atoms with Gasteiger partial charge in [0, 0.05) is 23.5 Å². The molecule has 1 unspecified atom stereocenters. The average Bonchev–Trinajstić information content (AvgIpc) is 3.22. The molecule has 2 aromatic heterocycles. The zero-order chi connectivity index (χ0) is 18.3. The highest BCUT2D eigenvalue weighted by Crippen LogP contribution is 2.31. The van der Waals surface area contributed by atoms with Gasteiger partial charge in [-0.1, -0.05) is 0 Å². The molecule has 9 heteroatoms. The smallest absolute Gasteiger partial charge is 0.323 e. The van der Waals surface area contributed by atoms with Gasteiger partial charge in [-0.25, -0.2) is 18.3 Å². The Morgan fingerprint density at radius 1 is 1.35 bits per heavy atom. The summed E-state index contributed by atoms with van der Waals surface area (Å²) in [5.41, 5.74) is 1.40. The first kappa shape index (κ1) is 16.2. The van der Waals surface area contributed by atoms with Crippen molar-refractivity contribution in [2.45, 2.75) is 25.3 Å². The van der Waals surface area contributed by atoms with E-state index in [0.29, 0.717) is 12.8 Å². The van der Waals surface area contributed by atoms with Crippen LogP contribution in [0.4, 0.5) is 8.78 Å². The van der Waals surface area contributed by atoms with Crippen molar-refractivity contribution in [2.24, 2.45) is 0 Å².